The van der Waals surface area contributed by atoms with Crippen molar-refractivity contribution in [3.8, 4) is 0 Å². The first kappa shape index (κ1) is 19.1. The Morgan fingerprint density at radius 2 is 1.92 bits per heavy atom. The second-order valence-electron chi connectivity index (χ2n) is 5.91. The van der Waals surface area contributed by atoms with E-state index in [9.17, 15) is 4.79 Å². The largest absolute Gasteiger partial charge is 0.378 e. The molecule has 0 bridgehead atoms. The van der Waals surface area contributed by atoms with Crippen molar-refractivity contribution in [2.24, 2.45) is 16.5 Å². The maximum absolute atomic E-state index is 10.9. The second kappa shape index (κ2) is 8.21. The van der Waals surface area contributed by atoms with E-state index < -0.39 is 0 Å². The molecule has 1 heterocycles. The van der Waals surface area contributed by atoms with Crippen LogP contribution in [0.4, 0.5) is 0 Å². The Balaban J connectivity index is 1.97. The normalized spacial score (nSPS) is 20.5. The maximum Gasteiger partial charge on any atom is 0.312 e. The smallest absolute Gasteiger partial charge is 0.312 e. The topological polar surface area (TPSA) is 135 Å². The summed E-state index contributed by atoms with van der Waals surface area (Å²) in [4.78, 5) is 16.9. The highest BCUT2D eigenvalue weighted by molar-refractivity contribution is 8.26. The van der Waals surface area contributed by atoms with Crippen LogP contribution in [0.3, 0.4) is 0 Å². The Labute approximate surface area is 151 Å². The van der Waals surface area contributed by atoms with Crippen LogP contribution in [0.15, 0.2) is 28.8 Å². The first-order chi connectivity index (χ1) is 11.8. The minimum atomic E-state index is -0.344. The van der Waals surface area contributed by atoms with Gasteiger partial charge in [0.1, 0.15) is 0 Å². The van der Waals surface area contributed by atoms with Crippen molar-refractivity contribution in [1.82, 2.24) is 4.90 Å². The molecule has 25 heavy (non-hydrogen) atoms. The molecule has 1 aliphatic heterocycles. The molecule has 2 rings (SSSR count). The van der Waals surface area contributed by atoms with Gasteiger partial charge in [0.25, 0.3) is 0 Å². The number of amidine groups is 2. The molecule has 0 radical (unpaired) electrons. The number of thioether (sulfide) groups is 1. The standard InChI is InChI=1S/C16H23N7OS/c1-10(12-3-4-13(17)14(18)9-12)22-5-7-23(8-6-22)16(20)25-15(19)21-11(2)24/h3-4,9-10,17-18,20H,5-8H2,1-2H3,(H2,19,21,24)/p+1. The van der Waals surface area contributed by atoms with Crippen LogP contribution in [0.1, 0.15) is 13.8 Å². The van der Waals surface area contributed by atoms with Gasteiger partial charge in [-0.25, -0.2) is 0 Å². The van der Waals surface area contributed by atoms with Gasteiger partial charge < -0.3 is 5.73 Å². The molecule has 6 N–H and O–H groups in total. The minimum Gasteiger partial charge on any atom is -0.378 e. The molecule has 1 amide bonds. The van der Waals surface area contributed by atoms with E-state index in [1.165, 1.54) is 6.92 Å². The summed E-state index contributed by atoms with van der Waals surface area (Å²) in [6.07, 6.45) is 5.34. The van der Waals surface area contributed by atoms with E-state index in [-0.39, 0.29) is 28.5 Å². The van der Waals surface area contributed by atoms with Gasteiger partial charge in [-0.2, -0.15) is 4.99 Å². The fourth-order valence-corrected chi connectivity index (χ4v) is 3.41. The number of nitrogens with one attached hydrogen (secondary N) is 2. The fraction of sp³-hybridized carbons (Fsp3) is 0.438. The third-order valence-corrected chi connectivity index (χ3v) is 4.94. The molecule has 1 unspecified atom stereocenters. The first-order valence-electron chi connectivity index (χ1n) is 7.99. The van der Waals surface area contributed by atoms with Gasteiger partial charge in [0.2, 0.25) is 5.91 Å². The second-order valence-corrected chi connectivity index (χ2v) is 6.95. The molecule has 9 heteroatoms. The number of hydrogen-bond acceptors (Lipinski definition) is 5. The zero-order valence-corrected chi connectivity index (χ0v) is 15.3. The van der Waals surface area contributed by atoms with E-state index in [1.54, 1.807) is 12.2 Å². The third-order valence-electron chi connectivity index (χ3n) is 4.18. The van der Waals surface area contributed by atoms with Crippen LogP contribution in [0, 0.1) is 10.8 Å². The molecular weight excluding hydrogens is 338 g/mol. The molecule has 1 fully saturated rings. The Morgan fingerprint density at radius 1 is 1.28 bits per heavy atom. The SMILES string of the molecule is CC(=O)N=C(N)SC(N)=[N+]1CCN(C(C)C2=CC(=N)C(=N)C=C2)CC1. The number of aliphatic imine (C=N–C) groups is 1. The van der Waals surface area contributed by atoms with Gasteiger partial charge in [0.15, 0.2) is 5.17 Å². The summed E-state index contributed by atoms with van der Waals surface area (Å²) in [6, 6.07) is 0.171. The number of piperazine rings is 1. The van der Waals surface area contributed by atoms with E-state index in [0.29, 0.717) is 5.17 Å². The number of amides is 1. The predicted molar refractivity (Wildman–Crippen MR) is 103 cm³/mol. The minimum absolute atomic E-state index is 0.152. The molecule has 0 aromatic rings. The van der Waals surface area contributed by atoms with Crippen molar-refractivity contribution in [2.75, 3.05) is 26.2 Å². The highest BCUT2D eigenvalue weighted by atomic mass is 32.2. The van der Waals surface area contributed by atoms with Gasteiger partial charge in [-0.15, -0.1) is 0 Å². The van der Waals surface area contributed by atoms with Crippen LogP contribution in [-0.4, -0.2) is 69.4 Å². The quantitative estimate of drug-likeness (QED) is 0.240. The van der Waals surface area contributed by atoms with Crippen LogP contribution in [0.2, 0.25) is 0 Å². The number of allylic oxidation sites excluding steroid dienone is 2. The van der Waals surface area contributed by atoms with Crippen LogP contribution < -0.4 is 11.5 Å². The van der Waals surface area contributed by atoms with E-state index in [4.69, 9.17) is 22.3 Å². The molecule has 8 nitrogen and oxygen atoms in total. The predicted octanol–water partition coefficient (Wildman–Crippen LogP) is 0.148. The highest BCUT2D eigenvalue weighted by Crippen LogP contribution is 2.17. The van der Waals surface area contributed by atoms with E-state index in [2.05, 4.69) is 16.8 Å². The summed E-state index contributed by atoms with van der Waals surface area (Å²) >= 11 is 1.11. The van der Waals surface area contributed by atoms with Gasteiger partial charge in [-0.1, -0.05) is 6.08 Å². The van der Waals surface area contributed by atoms with Crippen LogP contribution in [-0.2, 0) is 4.79 Å². The molecular formula is C16H24N7OS+. The number of carbonyl (C=O) groups excluding carboxylic acids is 1. The van der Waals surface area contributed by atoms with Crippen molar-refractivity contribution in [2.45, 2.75) is 19.9 Å². The summed E-state index contributed by atoms with van der Waals surface area (Å²) < 4.78 is 2.03. The zero-order chi connectivity index (χ0) is 18.6. The average molecular weight is 362 g/mol. The number of carbonyl (C=O) groups is 1. The third kappa shape index (κ3) is 5.10. The maximum atomic E-state index is 10.9. The summed E-state index contributed by atoms with van der Waals surface area (Å²) in [5.41, 5.74) is 13.3. The molecule has 2 aliphatic rings. The van der Waals surface area contributed by atoms with Crippen molar-refractivity contribution in [1.29, 1.82) is 10.8 Å². The zero-order valence-electron chi connectivity index (χ0n) is 14.5. The lowest BCUT2D eigenvalue weighted by molar-refractivity contribution is -0.538. The van der Waals surface area contributed by atoms with Crippen molar-refractivity contribution < 1.29 is 9.37 Å². The monoisotopic (exact) mass is 362 g/mol. The summed E-state index contributed by atoms with van der Waals surface area (Å²) in [5.74, 6) is -0.344. The molecule has 1 aliphatic carbocycles. The lowest BCUT2D eigenvalue weighted by Crippen LogP contribution is -2.49. The van der Waals surface area contributed by atoms with Gasteiger partial charge in [0, 0.05) is 37.8 Å². The van der Waals surface area contributed by atoms with Crippen LogP contribution >= 0.6 is 11.8 Å². The van der Waals surface area contributed by atoms with E-state index in [1.807, 2.05) is 10.7 Å². The Kier molecular flexibility index (Phi) is 6.27. The fourth-order valence-electron chi connectivity index (χ4n) is 2.71. The van der Waals surface area contributed by atoms with Crippen molar-refractivity contribution in [3.63, 3.8) is 0 Å². The van der Waals surface area contributed by atoms with Gasteiger partial charge in [-0.3, -0.25) is 30.8 Å². The lowest BCUT2D eigenvalue weighted by Gasteiger charge is -2.33. The van der Waals surface area contributed by atoms with Crippen molar-refractivity contribution in [3.05, 3.63) is 23.8 Å². The van der Waals surface area contributed by atoms with Gasteiger partial charge >= 0.3 is 5.17 Å². The summed E-state index contributed by atoms with van der Waals surface area (Å²) in [7, 11) is 0. The summed E-state index contributed by atoms with van der Waals surface area (Å²) in [5, 5.41) is 16.1. The highest BCUT2D eigenvalue weighted by Gasteiger charge is 2.25. The van der Waals surface area contributed by atoms with Crippen LogP contribution in [0.25, 0.3) is 0 Å². The first-order valence-corrected chi connectivity index (χ1v) is 8.80. The Bertz CT molecular complexity index is 710. The Morgan fingerprint density at radius 3 is 2.48 bits per heavy atom. The van der Waals surface area contributed by atoms with Gasteiger partial charge in [0.05, 0.1) is 24.5 Å². The summed E-state index contributed by atoms with van der Waals surface area (Å²) in [6.45, 7) is 6.60. The number of hydrogen-bond donors (Lipinski definition) is 4. The number of nitrogens with two attached hydrogens (primary N) is 2. The molecule has 0 saturated carbocycles. The molecule has 134 valence electrons. The van der Waals surface area contributed by atoms with Crippen molar-refractivity contribution >= 4 is 39.4 Å². The molecule has 0 aromatic heterocycles. The number of rotatable bonds is 2. The Hall–Kier alpha value is -2.26. The van der Waals surface area contributed by atoms with Crippen LogP contribution in [0.5, 0.6) is 0 Å². The molecule has 1 atom stereocenters. The number of nitrogens with zero attached hydrogens (tertiary/aromatic N) is 3. The molecule has 0 spiro atoms. The van der Waals surface area contributed by atoms with E-state index >= 15 is 0 Å². The van der Waals surface area contributed by atoms with Gasteiger partial charge in [-0.05, 0) is 24.6 Å². The molecule has 1 saturated heterocycles. The average Bonchev–Trinajstić information content (AvgIpc) is 2.56. The molecule has 0 aromatic carbocycles. The lowest BCUT2D eigenvalue weighted by atomic mass is 9.97. The van der Waals surface area contributed by atoms with E-state index in [0.717, 1.165) is 43.5 Å².